The van der Waals surface area contributed by atoms with Crippen molar-refractivity contribution in [3.63, 3.8) is 0 Å². The molecule has 10 aromatic rings. The minimum absolute atomic E-state index is 0.578. The highest BCUT2D eigenvalue weighted by Gasteiger charge is 2.21. The first-order valence-electron chi connectivity index (χ1n) is 16.5. The van der Waals surface area contributed by atoms with Crippen molar-refractivity contribution in [3.05, 3.63) is 170 Å². The molecule has 0 spiro atoms. The lowest BCUT2D eigenvalue weighted by atomic mass is 10.00. The zero-order valence-corrected chi connectivity index (χ0v) is 26.4. The van der Waals surface area contributed by atoms with E-state index in [2.05, 4.69) is 138 Å². The van der Waals surface area contributed by atoms with Gasteiger partial charge in [0.25, 0.3) is 0 Å². The number of fused-ring (bicyclic) bond motifs is 6. The van der Waals surface area contributed by atoms with Gasteiger partial charge in [0.05, 0.1) is 5.69 Å². The molecule has 0 saturated carbocycles. The number of nitrogens with zero attached hydrogens (tertiary/aromatic N) is 2. The van der Waals surface area contributed by atoms with Crippen LogP contribution in [0.25, 0.3) is 77.2 Å². The minimum Gasteiger partial charge on any atom is -0.456 e. The van der Waals surface area contributed by atoms with Crippen molar-refractivity contribution in [3.8, 4) is 22.6 Å². The van der Waals surface area contributed by atoms with Crippen molar-refractivity contribution >= 4 is 71.6 Å². The summed E-state index contributed by atoms with van der Waals surface area (Å²) in [5.41, 5.74) is 9.61. The normalized spacial score (nSPS) is 11.7. The van der Waals surface area contributed by atoms with E-state index >= 15 is 0 Å². The number of anilines is 3. The Morgan fingerprint density at radius 3 is 2.10 bits per heavy atom. The first-order valence-corrected chi connectivity index (χ1v) is 16.5. The molecule has 0 bridgehead atoms. The Morgan fingerprint density at radius 1 is 0.429 bits per heavy atom. The molecule has 0 atom stereocenters. The largest absolute Gasteiger partial charge is 0.456 e. The molecule has 0 fully saturated rings. The summed E-state index contributed by atoms with van der Waals surface area (Å²) in [6.45, 7) is 0. The summed E-state index contributed by atoms with van der Waals surface area (Å²) in [6, 6.07) is 59.5. The molecule has 0 aliphatic rings. The number of aromatic nitrogens is 1. The number of hydrogen-bond donors (Lipinski definition) is 0. The molecule has 49 heavy (non-hydrogen) atoms. The van der Waals surface area contributed by atoms with Gasteiger partial charge in [-0.25, -0.2) is 4.98 Å². The maximum absolute atomic E-state index is 6.43. The summed E-state index contributed by atoms with van der Waals surface area (Å²) in [5, 5.41) is 6.80. The lowest BCUT2D eigenvalue weighted by molar-refractivity contribution is 0.620. The van der Waals surface area contributed by atoms with Gasteiger partial charge in [-0.1, -0.05) is 103 Å². The van der Waals surface area contributed by atoms with Crippen LogP contribution in [0, 0.1) is 0 Å². The number of para-hydroxylation sites is 2. The smallest absolute Gasteiger partial charge is 0.228 e. The molecule has 0 N–H and O–H groups in total. The molecule has 0 radical (unpaired) electrons. The van der Waals surface area contributed by atoms with E-state index in [0.29, 0.717) is 5.89 Å². The molecule has 4 heteroatoms. The van der Waals surface area contributed by atoms with Gasteiger partial charge < -0.3 is 13.7 Å². The van der Waals surface area contributed by atoms with Crippen LogP contribution in [0.1, 0.15) is 0 Å². The van der Waals surface area contributed by atoms with Crippen LogP contribution >= 0.6 is 0 Å². The standard InChI is InChI=1S/C45H28N2O2/c1-2-12-31-26-33(23-22-29(31)10-1)32-14-7-15-34(27-32)47(40-19-8-13-30-11-3-4-16-36(30)40)35-24-25-41-38(28-35)44-37(17-9-21-43(44)48-41)45-46-39-18-5-6-20-42(39)49-45/h1-28H. The van der Waals surface area contributed by atoms with Gasteiger partial charge >= 0.3 is 0 Å². The average Bonchev–Trinajstić information content (AvgIpc) is 3.77. The minimum atomic E-state index is 0.578. The fourth-order valence-corrected chi connectivity index (χ4v) is 7.14. The van der Waals surface area contributed by atoms with Crippen molar-refractivity contribution in [2.24, 2.45) is 0 Å². The average molecular weight is 629 g/mol. The predicted octanol–water partition coefficient (Wildman–Crippen LogP) is 12.8. The fourth-order valence-electron chi connectivity index (χ4n) is 7.14. The SMILES string of the molecule is c1cc(-c2ccc3ccccc3c2)cc(N(c2ccc3oc4cccc(-c5nc6ccccc6o5)c4c3c2)c2cccc3ccccc23)c1. The van der Waals surface area contributed by atoms with Crippen LogP contribution in [0.5, 0.6) is 0 Å². The maximum atomic E-state index is 6.43. The van der Waals surface area contributed by atoms with E-state index in [9.17, 15) is 0 Å². The van der Waals surface area contributed by atoms with Crippen molar-refractivity contribution in [2.75, 3.05) is 4.90 Å². The van der Waals surface area contributed by atoms with Gasteiger partial charge in [-0.3, -0.25) is 0 Å². The van der Waals surface area contributed by atoms with Crippen LogP contribution in [-0.4, -0.2) is 4.98 Å². The first-order chi connectivity index (χ1) is 24.3. The van der Waals surface area contributed by atoms with Gasteiger partial charge in [0.1, 0.15) is 16.7 Å². The Bertz CT molecular complexity index is 2820. The van der Waals surface area contributed by atoms with Gasteiger partial charge in [0.15, 0.2) is 5.58 Å². The highest BCUT2D eigenvalue weighted by atomic mass is 16.3. The van der Waals surface area contributed by atoms with Crippen LogP contribution in [-0.2, 0) is 0 Å². The molecule has 0 saturated heterocycles. The van der Waals surface area contributed by atoms with E-state index in [1.165, 1.54) is 27.1 Å². The molecule has 2 heterocycles. The molecule has 0 amide bonds. The van der Waals surface area contributed by atoms with Crippen LogP contribution in [0.15, 0.2) is 179 Å². The molecule has 0 aliphatic heterocycles. The Balaban J connectivity index is 1.19. The topological polar surface area (TPSA) is 42.4 Å². The monoisotopic (exact) mass is 628 g/mol. The molecule has 8 aromatic carbocycles. The number of rotatable bonds is 5. The van der Waals surface area contributed by atoms with Crippen molar-refractivity contribution in [2.45, 2.75) is 0 Å². The summed E-state index contributed by atoms with van der Waals surface area (Å²) < 4.78 is 12.7. The van der Waals surface area contributed by atoms with E-state index in [0.717, 1.165) is 61.2 Å². The summed E-state index contributed by atoms with van der Waals surface area (Å²) in [7, 11) is 0. The van der Waals surface area contributed by atoms with Crippen LogP contribution in [0.4, 0.5) is 17.1 Å². The summed E-state index contributed by atoms with van der Waals surface area (Å²) in [5.74, 6) is 0.578. The Hall–Kier alpha value is -6.65. The van der Waals surface area contributed by atoms with Crippen LogP contribution in [0.2, 0.25) is 0 Å². The highest BCUT2D eigenvalue weighted by Crippen LogP contribution is 2.44. The lowest BCUT2D eigenvalue weighted by Crippen LogP contribution is -2.10. The molecular weight excluding hydrogens is 601 g/mol. The van der Waals surface area contributed by atoms with E-state index in [1.807, 2.05) is 36.4 Å². The van der Waals surface area contributed by atoms with Crippen LogP contribution < -0.4 is 4.90 Å². The Morgan fingerprint density at radius 2 is 1.16 bits per heavy atom. The third kappa shape index (κ3) is 4.57. The Kier molecular flexibility index (Phi) is 6.15. The van der Waals surface area contributed by atoms with Gasteiger partial charge in [-0.15, -0.1) is 0 Å². The molecule has 0 unspecified atom stereocenters. The number of benzene rings is 8. The summed E-state index contributed by atoms with van der Waals surface area (Å²) in [6.07, 6.45) is 0. The fraction of sp³-hybridized carbons (Fsp3) is 0. The van der Waals surface area contributed by atoms with E-state index in [1.54, 1.807) is 0 Å². The molecule has 4 nitrogen and oxygen atoms in total. The molecule has 230 valence electrons. The Labute approximate surface area is 282 Å². The van der Waals surface area contributed by atoms with E-state index in [-0.39, 0.29) is 0 Å². The maximum Gasteiger partial charge on any atom is 0.228 e. The molecule has 10 rings (SSSR count). The van der Waals surface area contributed by atoms with Crippen LogP contribution in [0.3, 0.4) is 0 Å². The molecular formula is C45H28N2O2. The molecule has 0 aliphatic carbocycles. The second-order valence-corrected chi connectivity index (χ2v) is 12.4. The van der Waals surface area contributed by atoms with Crippen molar-refractivity contribution in [1.82, 2.24) is 4.98 Å². The van der Waals surface area contributed by atoms with E-state index < -0.39 is 0 Å². The zero-order valence-electron chi connectivity index (χ0n) is 26.4. The number of oxazole rings is 1. The summed E-state index contributed by atoms with van der Waals surface area (Å²) in [4.78, 5) is 7.20. The highest BCUT2D eigenvalue weighted by molar-refractivity contribution is 6.13. The predicted molar refractivity (Wildman–Crippen MR) is 202 cm³/mol. The van der Waals surface area contributed by atoms with Gasteiger partial charge in [0.2, 0.25) is 5.89 Å². The third-order valence-electron chi connectivity index (χ3n) is 9.46. The first kappa shape index (κ1) is 27.5. The number of furan rings is 1. The van der Waals surface area contributed by atoms with Crippen molar-refractivity contribution in [1.29, 1.82) is 0 Å². The summed E-state index contributed by atoms with van der Waals surface area (Å²) >= 11 is 0. The third-order valence-corrected chi connectivity index (χ3v) is 9.46. The quantitative estimate of drug-likeness (QED) is 0.190. The van der Waals surface area contributed by atoms with Gasteiger partial charge in [-0.2, -0.15) is 0 Å². The number of hydrogen-bond acceptors (Lipinski definition) is 4. The zero-order chi connectivity index (χ0) is 32.3. The van der Waals surface area contributed by atoms with Gasteiger partial charge in [-0.05, 0) is 94.0 Å². The van der Waals surface area contributed by atoms with Gasteiger partial charge in [0, 0.05) is 33.1 Å². The van der Waals surface area contributed by atoms with Crippen molar-refractivity contribution < 1.29 is 8.83 Å². The second-order valence-electron chi connectivity index (χ2n) is 12.4. The lowest BCUT2D eigenvalue weighted by Gasteiger charge is -2.27. The molecule has 2 aromatic heterocycles. The van der Waals surface area contributed by atoms with E-state index in [4.69, 9.17) is 13.8 Å². The second kappa shape index (κ2) is 11.0.